The van der Waals surface area contributed by atoms with Crippen LogP contribution in [0.4, 0.5) is 28.6 Å². The number of nitrogens with one attached hydrogen (secondary N) is 3. The van der Waals surface area contributed by atoms with Gasteiger partial charge in [0, 0.05) is 37.3 Å². The fraction of sp³-hybridized carbons (Fsp3) is 0.320. The van der Waals surface area contributed by atoms with Crippen molar-refractivity contribution in [1.29, 1.82) is 0 Å². The molecule has 0 unspecified atom stereocenters. The summed E-state index contributed by atoms with van der Waals surface area (Å²) >= 11 is 0. The molecule has 3 rings (SSSR count). The normalized spacial score (nSPS) is 11.2. The molecule has 3 N–H and O–H groups in total. The van der Waals surface area contributed by atoms with Crippen LogP contribution in [0.3, 0.4) is 0 Å². The number of hydrogen-bond donors (Lipinski definition) is 3. The van der Waals surface area contributed by atoms with Crippen molar-refractivity contribution in [3.05, 3.63) is 59.9 Å². The van der Waals surface area contributed by atoms with Crippen LogP contribution in [0.25, 0.3) is 0 Å². The van der Waals surface area contributed by atoms with Crippen molar-refractivity contribution in [2.75, 3.05) is 42.0 Å². The molecule has 3 aromatic rings. The average Bonchev–Trinajstić information content (AvgIpc) is 2.86. The first-order chi connectivity index (χ1) is 17.5. The third-order valence-corrected chi connectivity index (χ3v) is 6.66. The number of ether oxygens (including phenoxy) is 1. The minimum absolute atomic E-state index is 0.183. The zero-order valence-electron chi connectivity index (χ0n) is 21.7. The highest BCUT2D eigenvalue weighted by atomic mass is 32.2. The maximum Gasteiger partial charge on any atom is 0.278 e. The second kappa shape index (κ2) is 11.9. The van der Waals surface area contributed by atoms with E-state index in [2.05, 4.69) is 26.1 Å². The van der Waals surface area contributed by atoms with E-state index < -0.39 is 15.9 Å². The van der Waals surface area contributed by atoms with E-state index in [9.17, 15) is 13.2 Å². The molecule has 37 heavy (non-hydrogen) atoms. The third-order valence-electron chi connectivity index (χ3n) is 5.47. The van der Waals surface area contributed by atoms with E-state index in [-0.39, 0.29) is 18.1 Å². The van der Waals surface area contributed by atoms with Crippen molar-refractivity contribution >= 4 is 44.5 Å². The molecule has 11 nitrogen and oxygen atoms in total. The predicted molar refractivity (Wildman–Crippen MR) is 144 cm³/mol. The lowest BCUT2D eigenvalue weighted by Gasteiger charge is -2.23. The van der Waals surface area contributed by atoms with Gasteiger partial charge in [-0.05, 0) is 36.6 Å². The molecule has 2 aromatic heterocycles. The van der Waals surface area contributed by atoms with Crippen LogP contribution in [0.15, 0.2) is 48.8 Å². The van der Waals surface area contributed by atoms with E-state index >= 15 is 0 Å². The van der Waals surface area contributed by atoms with Gasteiger partial charge in [0.05, 0.1) is 42.6 Å². The number of pyridine rings is 2. The molecule has 0 aliphatic heterocycles. The van der Waals surface area contributed by atoms with Crippen LogP contribution in [0.5, 0.6) is 5.88 Å². The largest absolute Gasteiger partial charge is 0.481 e. The molecule has 1 aromatic carbocycles. The fourth-order valence-corrected chi connectivity index (χ4v) is 3.85. The molecule has 0 saturated carbocycles. The van der Waals surface area contributed by atoms with Crippen molar-refractivity contribution in [3.8, 4) is 5.88 Å². The SMILES string of the molecule is CCONC(=O)c1cnc(Nc2ccnc(OC)c2)cc1Nc1ccc(C(C)C)cc1N(C)S(C)(=O)=O. The quantitative estimate of drug-likeness (QED) is 0.313. The summed E-state index contributed by atoms with van der Waals surface area (Å²) in [6.45, 7) is 6.08. The number of benzene rings is 1. The van der Waals surface area contributed by atoms with Gasteiger partial charge in [-0.15, -0.1) is 0 Å². The lowest BCUT2D eigenvalue weighted by atomic mass is 10.0. The van der Waals surface area contributed by atoms with E-state index in [1.54, 1.807) is 37.4 Å². The maximum atomic E-state index is 12.8. The first-order valence-electron chi connectivity index (χ1n) is 11.6. The van der Waals surface area contributed by atoms with Gasteiger partial charge in [0.25, 0.3) is 5.91 Å². The van der Waals surface area contributed by atoms with Gasteiger partial charge in [-0.25, -0.2) is 23.9 Å². The molecule has 1 amide bonds. The number of hydroxylamine groups is 1. The smallest absolute Gasteiger partial charge is 0.278 e. The Balaban J connectivity index is 2.08. The number of carbonyl (C=O) groups excluding carboxylic acids is 1. The molecule has 12 heteroatoms. The lowest BCUT2D eigenvalue weighted by Crippen LogP contribution is -2.26. The number of carbonyl (C=O) groups is 1. The summed E-state index contributed by atoms with van der Waals surface area (Å²) in [5, 5.41) is 6.39. The van der Waals surface area contributed by atoms with Gasteiger partial charge in [-0.2, -0.15) is 0 Å². The second-order valence-electron chi connectivity index (χ2n) is 8.48. The molecule has 0 spiro atoms. The summed E-state index contributed by atoms with van der Waals surface area (Å²) in [6.07, 6.45) is 4.13. The zero-order valence-corrected chi connectivity index (χ0v) is 22.5. The van der Waals surface area contributed by atoms with E-state index in [4.69, 9.17) is 9.57 Å². The van der Waals surface area contributed by atoms with Gasteiger partial charge < -0.3 is 15.4 Å². The third kappa shape index (κ3) is 7.08. The number of rotatable bonds is 11. The lowest BCUT2D eigenvalue weighted by molar-refractivity contribution is 0.0365. The summed E-state index contributed by atoms with van der Waals surface area (Å²) in [5.74, 6) is 0.531. The maximum absolute atomic E-state index is 12.8. The van der Waals surface area contributed by atoms with Gasteiger partial charge in [-0.3, -0.25) is 13.9 Å². The summed E-state index contributed by atoms with van der Waals surface area (Å²) < 4.78 is 31.2. The summed E-state index contributed by atoms with van der Waals surface area (Å²) in [5.41, 5.74) is 5.54. The van der Waals surface area contributed by atoms with Crippen LogP contribution >= 0.6 is 0 Å². The molecule has 0 radical (unpaired) electrons. The Morgan fingerprint density at radius 2 is 1.84 bits per heavy atom. The first kappa shape index (κ1) is 27.7. The van der Waals surface area contributed by atoms with Gasteiger partial charge in [0.2, 0.25) is 15.9 Å². The molecule has 0 aliphatic carbocycles. The van der Waals surface area contributed by atoms with Crippen molar-refractivity contribution in [1.82, 2.24) is 15.4 Å². The fourth-order valence-electron chi connectivity index (χ4n) is 3.35. The average molecular weight is 529 g/mol. The van der Waals surface area contributed by atoms with Crippen LogP contribution < -0.4 is 25.2 Å². The molecular weight excluding hydrogens is 496 g/mol. The van der Waals surface area contributed by atoms with E-state index in [0.717, 1.165) is 11.8 Å². The number of sulfonamides is 1. The Kier molecular flexibility index (Phi) is 8.90. The number of aromatic nitrogens is 2. The van der Waals surface area contributed by atoms with Crippen molar-refractivity contribution in [2.45, 2.75) is 26.7 Å². The van der Waals surface area contributed by atoms with Gasteiger partial charge in [0.1, 0.15) is 5.82 Å². The summed E-state index contributed by atoms with van der Waals surface area (Å²) in [6, 6.07) is 10.6. The predicted octanol–water partition coefficient (Wildman–Crippen LogP) is 4.17. The molecule has 0 aliphatic rings. The second-order valence-corrected chi connectivity index (χ2v) is 10.5. The van der Waals surface area contributed by atoms with Crippen LogP contribution in [0, 0.1) is 0 Å². The minimum Gasteiger partial charge on any atom is -0.481 e. The Morgan fingerprint density at radius 1 is 1.08 bits per heavy atom. The Bertz CT molecular complexity index is 1360. The van der Waals surface area contributed by atoms with Crippen LogP contribution in [-0.4, -0.2) is 51.3 Å². The van der Waals surface area contributed by atoms with E-state index in [1.165, 1.54) is 24.7 Å². The highest BCUT2D eigenvalue weighted by Crippen LogP contribution is 2.34. The highest BCUT2D eigenvalue weighted by molar-refractivity contribution is 7.92. The van der Waals surface area contributed by atoms with E-state index in [1.807, 2.05) is 26.0 Å². The molecule has 0 bridgehead atoms. The first-order valence-corrected chi connectivity index (χ1v) is 13.4. The van der Waals surface area contributed by atoms with Gasteiger partial charge >= 0.3 is 0 Å². The molecule has 0 fully saturated rings. The Morgan fingerprint density at radius 3 is 2.49 bits per heavy atom. The van der Waals surface area contributed by atoms with Crippen LogP contribution in [-0.2, 0) is 14.9 Å². The van der Waals surface area contributed by atoms with Gasteiger partial charge in [0.15, 0.2) is 0 Å². The molecule has 198 valence electrons. The number of nitrogens with zero attached hydrogens (tertiary/aromatic N) is 3. The Labute approximate surface area is 217 Å². The molecule has 0 atom stereocenters. The Hall–Kier alpha value is -3.90. The summed E-state index contributed by atoms with van der Waals surface area (Å²) in [4.78, 5) is 26.3. The highest BCUT2D eigenvalue weighted by Gasteiger charge is 2.20. The molecule has 0 saturated heterocycles. The number of amides is 1. The van der Waals surface area contributed by atoms with Crippen molar-refractivity contribution < 1.29 is 22.8 Å². The zero-order chi connectivity index (χ0) is 27.2. The van der Waals surface area contributed by atoms with Crippen molar-refractivity contribution in [3.63, 3.8) is 0 Å². The van der Waals surface area contributed by atoms with Crippen LogP contribution in [0.1, 0.15) is 42.6 Å². The van der Waals surface area contributed by atoms with Gasteiger partial charge in [-0.1, -0.05) is 19.9 Å². The molecular formula is C25H32N6O5S. The van der Waals surface area contributed by atoms with E-state index in [0.29, 0.717) is 34.4 Å². The topological polar surface area (TPSA) is 135 Å². The molecule has 2 heterocycles. The summed E-state index contributed by atoms with van der Waals surface area (Å²) in [7, 11) is -0.549. The standard InChI is InChI=1S/C25H32N6O5S/c1-7-36-30-25(32)19-15-27-23(28-18-10-11-26-24(13-18)35-5)14-21(19)29-20-9-8-17(16(2)3)12-22(20)31(4)37(6,33)34/h8-16H,7H2,1-6H3,(H,30,32)(H2,26,27,28,29). The monoisotopic (exact) mass is 528 g/mol. The number of hydrogen-bond acceptors (Lipinski definition) is 9. The number of anilines is 5. The minimum atomic E-state index is -3.56. The number of methoxy groups -OCH3 is 1. The van der Waals surface area contributed by atoms with Crippen molar-refractivity contribution in [2.24, 2.45) is 0 Å². The van der Waals surface area contributed by atoms with Crippen LogP contribution in [0.2, 0.25) is 0 Å².